The quantitative estimate of drug-likeness (QED) is 0.0813. The van der Waals surface area contributed by atoms with Gasteiger partial charge in [-0.05, 0) is 88.3 Å². The fraction of sp³-hybridized carbons (Fsp3) is 0.341. The fourth-order valence-electron chi connectivity index (χ4n) is 7.76. The van der Waals surface area contributed by atoms with Crippen molar-refractivity contribution in [3.05, 3.63) is 112 Å². The van der Waals surface area contributed by atoms with Gasteiger partial charge in [-0.1, -0.05) is 48.2 Å². The van der Waals surface area contributed by atoms with Gasteiger partial charge in [0.2, 0.25) is 17.7 Å². The van der Waals surface area contributed by atoms with Crippen LogP contribution in [0.4, 0.5) is 16.3 Å². The number of nitrogens with zero attached hydrogens (tertiary/aromatic N) is 4. The summed E-state index contributed by atoms with van der Waals surface area (Å²) in [6.07, 6.45) is 1.65. The first-order chi connectivity index (χ1) is 28.3. The van der Waals surface area contributed by atoms with Crippen molar-refractivity contribution in [2.24, 2.45) is 0 Å². The average Bonchev–Trinajstić information content (AvgIpc) is 3.85. The van der Waals surface area contributed by atoms with E-state index in [-0.39, 0.29) is 81.5 Å². The highest BCUT2D eigenvalue weighted by atomic mass is 32.1. The van der Waals surface area contributed by atoms with E-state index in [2.05, 4.69) is 43.3 Å². The summed E-state index contributed by atoms with van der Waals surface area (Å²) >= 11 is 0. The number of likely N-dealkylation sites (N-methyl/N-ethyl adjacent to an activating group) is 1. The molecular weight excluding hydrogens is 783 g/mol. The Labute approximate surface area is 355 Å². The molecular formula is C44H49N9O6S. The standard InChI is InChI=1S/C44H47N9O6.H2S/c1-44(2)38-33(25-53(44)43(59)46-34(26-51(3)4)28-13-8-5-9-14-28)39(50-49-38)48-40(56)29-18-20-30(21-19-29)45-36(54)17-10-6-7-12-27-15-11-16-31-32(27)24-52(42(31)58)35-22-23-37(55)47-41(35)57;/h5,8-9,11,13-16,18-21,34-35H,6,10,17,22-26H2,1-4H3,(H,45,54)(H,46,59)(H,47,55,57)(H2,48,49,50,56);1H2/t34-,35?;/m1./s1. The number of imide groups is 1. The molecule has 7 amide bonds. The average molecular weight is 832 g/mol. The molecule has 1 unspecified atom stereocenters. The Morgan fingerprint density at radius 1 is 0.950 bits per heavy atom. The van der Waals surface area contributed by atoms with Gasteiger partial charge in [0.1, 0.15) is 6.04 Å². The number of carbonyl (C=O) groups is 6. The highest BCUT2D eigenvalue weighted by molar-refractivity contribution is 7.59. The Hall–Kier alpha value is -6.44. The molecule has 4 aromatic rings. The summed E-state index contributed by atoms with van der Waals surface area (Å²) in [5, 5.41) is 18.7. The predicted molar refractivity (Wildman–Crippen MR) is 230 cm³/mol. The molecule has 1 saturated heterocycles. The van der Waals surface area contributed by atoms with Crippen LogP contribution in [-0.4, -0.2) is 87.1 Å². The number of aromatic nitrogens is 2. The minimum absolute atomic E-state index is 0. The summed E-state index contributed by atoms with van der Waals surface area (Å²) in [6, 6.07) is 20.5. The minimum atomic E-state index is -0.714. The van der Waals surface area contributed by atoms with E-state index < -0.39 is 17.5 Å². The van der Waals surface area contributed by atoms with Crippen molar-refractivity contribution >= 4 is 60.6 Å². The molecule has 7 rings (SSSR count). The maximum Gasteiger partial charge on any atom is 0.319 e. The number of amides is 7. The van der Waals surface area contributed by atoms with E-state index in [1.807, 2.05) is 69.2 Å². The SMILES string of the molecule is CN(C)C[C@@H](NC(=O)N1Cc2c(NC(=O)c3ccc(NC(=O)CCCC#Cc4cccc5c4CN(C4CCC(=O)NC4=O)C5=O)cc3)n[nH]c2C1(C)C)c1ccccc1.S. The first kappa shape index (κ1) is 43.1. The number of piperidine rings is 1. The number of carbonyl (C=O) groups excluding carboxylic acids is 6. The van der Waals surface area contributed by atoms with Crippen LogP contribution in [0.15, 0.2) is 72.8 Å². The van der Waals surface area contributed by atoms with Gasteiger partial charge in [-0.15, -0.1) is 0 Å². The maximum absolute atomic E-state index is 13.7. The van der Waals surface area contributed by atoms with E-state index in [1.165, 1.54) is 4.90 Å². The molecule has 3 aliphatic heterocycles. The number of H-pyrrole nitrogens is 1. The summed E-state index contributed by atoms with van der Waals surface area (Å²) in [5.74, 6) is 4.94. The van der Waals surface area contributed by atoms with E-state index in [9.17, 15) is 28.8 Å². The molecule has 3 aromatic carbocycles. The van der Waals surface area contributed by atoms with Crippen LogP contribution in [0, 0.1) is 11.8 Å². The zero-order valence-corrected chi connectivity index (χ0v) is 35.0. The van der Waals surface area contributed by atoms with Gasteiger partial charge in [-0.3, -0.25) is 34.4 Å². The normalized spacial score (nSPS) is 16.8. The number of anilines is 2. The van der Waals surface area contributed by atoms with Crippen molar-refractivity contribution in [3.8, 4) is 11.8 Å². The molecule has 0 bridgehead atoms. The number of unbranched alkanes of at least 4 members (excludes halogenated alkanes) is 1. The van der Waals surface area contributed by atoms with Gasteiger partial charge >= 0.3 is 6.03 Å². The lowest BCUT2D eigenvalue weighted by molar-refractivity contribution is -0.137. The minimum Gasteiger partial charge on any atom is -0.330 e. The molecule has 0 radical (unpaired) electrons. The van der Waals surface area contributed by atoms with Crippen LogP contribution in [-0.2, 0) is 33.0 Å². The highest BCUT2D eigenvalue weighted by Gasteiger charge is 2.44. The van der Waals surface area contributed by atoms with E-state index in [1.54, 1.807) is 41.3 Å². The lowest BCUT2D eigenvalue weighted by atomic mass is 10.0. The summed E-state index contributed by atoms with van der Waals surface area (Å²) in [5.41, 5.74) is 4.61. The zero-order valence-electron chi connectivity index (χ0n) is 34.0. The van der Waals surface area contributed by atoms with Gasteiger partial charge < -0.3 is 30.7 Å². The fourth-order valence-corrected chi connectivity index (χ4v) is 7.76. The van der Waals surface area contributed by atoms with Gasteiger partial charge in [0.25, 0.3) is 11.8 Å². The van der Waals surface area contributed by atoms with Crippen LogP contribution in [0.25, 0.3) is 0 Å². The van der Waals surface area contributed by atoms with Gasteiger partial charge in [-0.25, -0.2) is 4.79 Å². The third-order valence-corrected chi connectivity index (χ3v) is 10.9. The Morgan fingerprint density at radius 2 is 1.70 bits per heavy atom. The van der Waals surface area contributed by atoms with Crippen LogP contribution >= 0.6 is 13.5 Å². The van der Waals surface area contributed by atoms with E-state index in [0.29, 0.717) is 47.6 Å². The van der Waals surface area contributed by atoms with Crippen molar-refractivity contribution in [3.63, 3.8) is 0 Å². The Balaban J connectivity index is 0.00000604. The largest absolute Gasteiger partial charge is 0.330 e. The first-order valence-electron chi connectivity index (χ1n) is 19.6. The smallest absolute Gasteiger partial charge is 0.319 e. The van der Waals surface area contributed by atoms with Crippen LogP contribution in [0.3, 0.4) is 0 Å². The number of aromatic amines is 1. The molecule has 60 heavy (non-hydrogen) atoms. The second kappa shape index (κ2) is 18.2. The lowest BCUT2D eigenvalue weighted by Crippen LogP contribution is -2.52. The van der Waals surface area contributed by atoms with Crippen LogP contribution in [0.5, 0.6) is 0 Å². The van der Waals surface area contributed by atoms with Gasteiger partial charge in [-0.2, -0.15) is 18.6 Å². The van der Waals surface area contributed by atoms with Crippen molar-refractivity contribution in [1.29, 1.82) is 0 Å². The second-order valence-electron chi connectivity index (χ2n) is 15.7. The predicted octanol–water partition coefficient (Wildman–Crippen LogP) is 4.76. The number of fused-ring (bicyclic) bond motifs is 2. The molecule has 4 heterocycles. The third kappa shape index (κ3) is 9.22. The molecule has 5 N–H and O–H groups in total. The van der Waals surface area contributed by atoms with Gasteiger partial charge in [0.05, 0.1) is 23.8 Å². The van der Waals surface area contributed by atoms with Crippen molar-refractivity contribution < 1.29 is 28.8 Å². The number of hydrogen-bond donors (Lipinski definition) is 5. The molecule has 1 aromatic heterocycles. The maximum atomic E-state index is 13.7. The number of urea groups is 1. The summed E-state index contributed by atoms with van der Waals surface area (Å²) < 4.78 is 0. The molecule has 16 heteroatoms. The van der Waals surface area contributed by atoms with E-state index in [4.69, 9.17) is 0 Å². The van der Waals surface area contributed by atoms with Crippen molar-refractivity contribution in [2.45, 2.75) is 76.7 Å². The summed E-state index contributed by atoms with van der Waals surface area (Å²) in [7, 11) is 3.93. The third-order valence-electron chi connectivity index (χ3n) is 10.9. The number of hydrogen-bond acceptors (Lipinski definition) is 8. The molecule has 0 aliphatic carbocycles. The molecule has 3 aliphatic rings. The molecule has 0 saturated carbocycles. The Morgan fingerprint density at radius 3 is 2.42 bits per heavy atom. The van der Waals surface area contributed by atoms with E-state index >= 15 is 0 Å². The van der Waals surface area contributed by atoms with Crippen molar-refractivity contribution in [2.75, 3.05) is 31.3 Å². The van der Waals surface area contributed by atoms with Crippen LogP contribution in [0.1, 0.15) is 101 Å². The lowest BCUT2D eigenvalue weighted by Gasteiger charge is -2.34. The zero-order chi connectivity index (χ0) is 41.8. The molecule has 15 nitrogen and oxygen atoms in total. The number of rotatable bonds is 11. The first-order valence-corrected chi connectivity index (χ1v) is 19.6. The van der Waals surface area contributed by atoms with Crippen molar-refractivity contribution in [1.82, 2.24) is 35.5 Å². The molecule has 1 fully saturated rings. The molecule has 312 valence electrons. The summed E-state index contributed by atoms with van der Waals surface area (Å²) in [4.78, 5) is 82.1. The van der Waals surface area contributed by atoms with Crippen LogP contribution < -0.4 is 21.3 Å². The van der Waals surface area contributed by atoms with Gasteiger partial charge in [0.15, 0.2) is 5.82 Å². The number of nitrogens with one attached hydrogen (secondary N) is 5. The van der Waals surface area contributed by atoms with E-state index in [0.717, 1.165) is 22.4 Å². The van der Waals surface area contributed by atoms with Gasteiger partial charge in [0, 0.05) is 60.3 Å². The Kier molecular flexibility index (Phi) is 13.1. The monoisotopic (exact) mass is 831 g/mol. The molecule has 2 atom stereocenters. The highest BCUT2D eigenvalue weighted by Crippen LogP contribution is 2.41. The topological polar surface area (TPSA) is 189 Å². The molecule has 0 spiro atoms. The Bertz CT molecular complexity index is 2370. The number of benzene rings is 3. The summed E-state index contributed by atoms with van der Waals surface area (Å²) in [6.45, 7) is 4.99. The van der Waals surface area contributed by atoms with Crippen LogP contribution in [0.2, 0.25) is 0 Å². The second-order valence-corrected chi connectivity index (χ2v) is 15.7.